The zero-order valence-electron chi connectivity index (χ0n) is 12.9. The molecule has 3 rings (SSSR count). The fourth-order valence-electron chi connectivity index (χ4n) is 4.01. The van der Waals surface area contributed by atoms with Crippen molar-refractivity contribution in [1.29, 1.82) is 0 Å². The van der Waals surface area contributed by atoms with Crippen molar-refractivity contribution < 1.29 is 4.79 Å². The van der Waals surface area contributed by atoms with Crippen LogP contribution in [0, 0.1) is 16.7 Å². The van der Waals surface area contributed by atoms with E-state index in [1.807, 2.05) is 0 Å². The fraction of sp³-hybridized carbons (Fsp3) is 0.938. The lowest BCUT2D eigenvalue weighted by Gasteiger charge is -2.39. The van der Waals surface area contributed by atoms with Crippen molar-refractivity contribution in [2.45, 2.75) is 52.4 Å². The number of carbonyl (C=O) groups excluding carboxylic acids is 1. The number of halogens is 1. The molecule has 0 aromatic heterocycles. The van der Waals surface area contributed by atoms with Crippen LogP contribution in [0.25, 0.3) is 0 Å². The fourth-order valence-corrected chi connectivity index (χ4v) is 4.01. The van der Waals surface area contributed by atoms with Crippen LogP contribution in [-0.4, -0.2) is 37.0 Å². The lowest BCUT2D eigenvalue weighted by Crippen LogP contribution is -2.43. The van der Waals surface area contributed by atoms with Crippen molar-refractivity contribution in [3.05, 3.63) is 0 Å². The van der Waals surface area contributed by atoms with Gasteiger partial charge in [0.05, 0.1) is 0 Å². The van der Waals surface area contributed by atoms with Crippen molar-refractivity contribution in [2.75, 3.05) is 26.2 Å². The lowest BCUT2D eigenvalue weighted by atomic mass is 9.78. The molecule has 3 nitrogen and oxygen atoms in total. The van der Waals surface area contributed by atoms with E-state index in [1.165, 1.54) is 32.1 Å². The third kappa shape index (κ3) is 2.85. The van der Waals surface area contributed by atoms with E-state index in [0.717, 1.165) is 32.6 Å². The van der Waals surface area contributed by atoms with Crippen molar-refractivity contribution in [3.63, 3.8) is 0 Å². The number of hydrogen-bond acceptors (Lipinski definition) is 2. The Kier molecular flexibility index (Phi) is 4.70. The molecule has 1 atom stereocenters. The maximum Gasteiger partial charge on any atom is 0.226 e. The van der Waals surface area contributed by atoms with Crippen LogP contribution in [0.2, 0.25) is 0 Å². The smallest absolute Gasteiger partial charge is 0.226 e. The largest absolute Gasteiger partial charge is 0.342 e. The third-order valence-electron chi connectivity index (χ3n) is 6.22. The second kappa shape index (κ2) is 5.84. The number of piperidine rings is 2. The number of nitrogens with one attached hydrogen (secondary N) is 1. The molecule has 1 amide bonds. The molecular weight excluding hydrogens is 272 g/mol. The monoisotopic (exact) mass is 300 g/mol. The van der Waals surface area contributed by atoms with Crippen LogP contribution in [0.3, 0.4) is 0 Å². The Morgan fingerprint density at radius 1 is 1.20 bits per heavy atom. The lowest BCUT2D eigenvalue weighted by molar-refractivity contribution is -0.135. The summed E-state index contributed by atoms with van der Waals surface area (Å²) in [5.41, 5.74) is 0.876. The number of rotatable bonds is 2. The first kappa shape index (κ1) is 16.1. The van der Waals surface area contributed by atoms with Gasteiger partial charge in [0.25, 0.3) is 0 Å². The van der Waals surface area contributed by atoms with E-state index >= 15 is 0 Å². The van der Waals surface area contributed by atoms with Gasteiger partial charge in [-0.3, -0.25) is 4.79 Å². The van der Waals surface area contributed by atoms with Crippen molar-refractivity contribution >= 4 is 18.3 Å². The van der Waals surface area contributed by atoms with Crippen molar-refractivity contribution in [3.8, 4) is 0 Å². The molecule has 2 aliphatic heterocycles. The summed E-state index contributed by atoms with van der Waals surface area (Å²) < 4.78 is 0. The zero-order chi connectivity index (χ0) is 13.5. The Labute approximate surface area is 129 Å². The molecule has 1 unspecified atom stereocenters. The molecular formula is C16H29ClN2O. The molecule has 1 aliphatic carbocycles. The summed E-state index contributed by atoms with van der Waals surface area (Å²) >= 11 is 0. The van der Waals surface area contributed by atoms with Gasteiger partial charge in [0, 0.05) is 19.0 Å². The second-order valence-corrected chi connectivity index (χ2v) is 7.36. The summed E-state index contributed by atoms with van der Waals surface area (Å²) in [5, 5.41) is 3.41. The Balaban J connectivity index is 0.00000147. The Morgan fingerprint density at radius 2 is 1.80 bits per heavy atom. The van der Waals surface area contributed by atoms with E-state index in [0.29, 0.717) is 22.7 Å². The minimum Gasteiger partial charge on any atom is -0.342 e. The van der Waals surface area contributed by atoms with Gasteiger partial charge < -0.3 is 10.2 Å². The Morgan fingerprint density at radius 3 is 2.35 bits per heavy atom. The molecule has 0 aromatic carbocycles. The minimum absolute atomic E-state index is 0. The maximum atomic E-state index is 12.6. The first-order valence-corrected chi connectivity index (χ1v) is 8.08. The molecule has 2 saturated heterocycles. The topological polar surface area (TPSA) is 32.3 Å². The van der Waals surface area contributed by atoms with Crippen LogP contribution in [0.5, 0.6) is 0 Å². The van der Waals surface area contributed by atoms with Gasteiger partial charge in [-0.15, -0.1) is 12.4 Å². The number of likely N-dealkylation sites (tertiary alicyclic amines) is 1. The zero-order valence-corrected chi connectivity index (χ0v) is 13.7. The molecule has 0 aromatic rings. The molecule has 116 valence electrons. The van der Waals surface area contributed by atoms with Gasteiger partial charge in [0.15, 0.2) is 0 Å². The van der Waals surface area contributed by atoms with Gasteiger partial charge in [-0.1, -0.05) is 20.3 Å². The molecule has 3 aliphatic rings. The van der Waals surface area contributed by atoms with E-state index in [2.05, 4.69) is 24.1 Å². The Bertz CT molecular complexity index is 357. The molecule has 1 spiro atoms. The summed E-state index contributed by atoms with van der Waals surface area (Å²) in [6, 6.07) is 0. The number of nitrogens with zero attached hydrogens (tertiary/aromatic N) is 1. The van der Waals surface area contributed by atoms with E-state index in [1.54, 1.807) is 0 Å². The minimum atomic E-state index is 0. The predicted octanol–water partition coefficient (Wildman–Crippen LogP) is 2.84. The molecule has 1 saturated carbocycles. The molecule has 0 radical (unpaired) electrons. The molecule has 1 N–H and O–H groups in total. The van der Waals surface area contributed by atoms with Gasteiger partial charge in [0.2, 0.25) is 5.91 Å². The van der Waals surface area contributed by atoms with Crippen LogP contribution in [0.1, 0.15) is 52.4 Å². The van der Waals surface area contributed by atoms with Crippen LogP contribution in [-0.2, 0) is 4.79 Å². The van der Waals surface area contributed by atoms with E-state index in [9.17, 15) is 4.79 Å². The summed E-state index contributed by atoms with van der Waals surface area (Å²) in [6.07, 6.45) is 7.21. The highest BCUT2D eigenvalue weighted by Crippen LogP contribution is 2.59. The van der Waals surface area contributed by atoms with Gasteiger partial charge in [0.1, 0.15) is 0 Å². The highest BCUT2D eigenvalue weighted by molar-refractivity contribution is 5.85. The maximum absolute atomic E-state index is 12.6. The number of carbonyl (C=O) groups is 1. The van der Waals surface area contributed by atoms with Gasteiger partial charge in [-0.25, -0.2) is 0 Å². The first-order valence-electron chi connectivity index (χ1n) is 8.08. The average Bonchev–Trinajstić information content (AvgIpc) is 3.13. The van der Waals surface area contributed by atoms with E-state index in [4.69, 9.17) is 0 Å². The highest BCUT2D eigenvalue weighted by atomic mass is 35.5. The summed E-state index contributed by atoms with van der Waals surface area (Å²) in [5.74, 6) is 0.834. The van der Waals surface area contributed by atoms with Gasteiger partial charge >= 0.3 is 0 Å². The third-order valence-corrected chi connectivity index (χ3v) is 6.22. The molecule has 3 fully saturated rings. The first-order chi connectivity index (χ1) is 9.09. The van der Waals surface area contributed by atoms with Gasteiger partial charge in [-0.2, -0.15) is 0 Å². The summed E-state index contributed by atoms with van der Waals surface area (Å²) in [6.45, 7) is 8.86. The van der Waals surface area contributed by atoms with E-state index < -0.39 is 0 Å². The van der Waals surface area contributed by atoms with Crippen LogP contribution >= 0.6 is 12.4 Å². The Hall–Kier alpha value is -0.280. The highest BCUT2D eigenvalue weighted by Gasteiger charge is 2.58. The van der Waals surface area contributed by atoms with Crippen molar-refractivity contribution in [1.82, 2.24) is 10.2 Å². The van der Waals surface area contributed by atoms with E-state index in [-0.39, 0.29) is 12.4 Å². The average molecular weight is 301 g/mol. The molecule has 2 heterocycles. The normalized spacial score (nSPS) is 30.7. The van der Waals surface area contributed by atoms with Crippen LogP contribution < -0.4 is 5.32 Å². The predicted molar refractivity (Wildman–Crippen MR) is 84.1 cm³/mol. The quantitative estimate of drug-likeness (QED) is 0.850. The SMILES string of the molecule is CCC1(C)CCN(C(=O)C2CC23CCNCC3)CC1.Cl. The summed E-state index contributed by atoms with van der Waals surface area (Å²) in [7, 11) is 0. The molecule has 4 heteroatoms. The molecule has 20 heavy (non-hydrogen) atoms. The van der Waals surface area contributed by atoms with Gasteiger partial charge in [-0.05, 0) is 56.0 Å². The summed E-state index contributed by atoms with van der Waals surface area (Å²) in [4.78, 5) is 14.8. The molecule has 0 bridgehead atoms. The standard InChI is InChI=1S/C16H28N2O.ClH/c1-3-15(2)6-10-18(11-7-15)14(19)13-12-16(13)4-8-17-9-5-16;/h13,17H,3-12H2,1-2H3;1H. The number of amides is 1. The van der Waals surface area contributed by atoms with Crippen molar-refractivity contribution in [2.24, 2.45) is 16.7 Å². The van der Waals surface area contributed by atoms with Crippen LogP contribution in [0.4, 0.5) is 0 Å². The van der Waals surface area contributed by atoms with Crippen LogP contribution in [0.15, 0.2) is 0 Å². The number of hydrogen-bond donors (Lipinski definition) is 1. The second-order valence-electron chi connectivity index (χ2n) is 7.36.